The number of nitrogens with zero attached hydrogens (tertiary/aromatic N) is 3. The van der Waals surface area contributed by atoms with E-state index in [-0.39, 0.29) is 34.1 Å². The van der Waals surface area contributed by atoms with Crippen LogP contribution in [0, 0.1) is 12.7 Å². The van der Waals surface area contributed by atoms with Crippen LogP contribution in [0.2, 0.25) is 0 Å². The Balaban J connectivity index is 1.36. The Kier molecular flexibility index (Phi) is 6.90. The quantitative estimate of drug-likeness (QED) is 0.351. The van der Waals surface area contributed by atoms with Crippen LogP contribution in [-0.4, -0.2) is 47.4 Å². The minimum Gasteiger partial charge on any atom is -0.456 e. The minimum atomic E-state index is -3.49. The van der Waals surface area contributed by atoms with Crippen LogP contribution in [-0.2, 0) is 26.6 Å². The van der Waals surface area contributed by atoms with E-state index in [0.29, 0.717) is 41.0 Å². The maximum absolute atomic E-state index is 15.1. The molecule has 2 aromatic carbocycles. The van der Waals surface area contributed by atoms with E-state index in [4.69, 9.17) is 4.74 Å². The molecule has 0 spiro atoms. The fourth-order valence-electron chi connectivity index (χ4n) is 4.26. The molecule has 1 aliphatic heterocycles. The standard InChI is InChI=1S/C28H30FN5O4S/c1-17-9-18(10-27(35)33-19-13-32-34(16-19)28(2,3)4)23(29)12-26(17)38-25-7-8-31-24-6-5-20(11-22(24)25)39(36,37)21-14-30-15-21/h5-9,11-13,16,21,30H,10,14-15H2,1-4H3,(H,33,35). The molecule has 4 aromatic rings. The SMILES string of the molecule is Cc1cc(CC(=O)Nc2cnn(C(C)(C)C)c2)c(F)cc1Oc1ccnc2ccc(S(=O)(=O)C3CNC3)cc12. The molecule has 5 rings (SSSR count). The third-order valence-corrected chi connectivity index (χ3v) is 8.77. The van der Waals surface area contributed by atoms with Crippen LogP contribution in [0.3, 0.4) is 0 Å². The Morgan fingerprint density at radius 2 is 1.95 bits per heavy atom. The lowest BCUT2D eigenvalue weighted by atomic mass is 10.1. The first-order valence-electron chi connectivity index (χ1n) is 12.6. The lowest BCUT2D eigenvalue weighted by Crippen LogP contribution is -2.51. The predicted octanol–water partition coefficient (Wildman–Crippen LogP) is 4.35. The van der Waals surface area contributed by atoms with E-state index >= 15 is 4.39 Å². The van der Waals surface area contributed by atoms with Crippen molar-refractivity contribution in [2.24, 2.45) is 0 Å². The number of nitrogens with one attached hydrogen (secondary N) is 2. The van der Waals surface area contributed by atoms with Crippen molar-refractivity contribution in [3.05, 3.63) is 71.9 Å². The van der Waals surface area contributed by atoms with Gasteiger partial charge in [0, 0.05) is 36.9 Å². The van der Waals surface area contributed by atoms with Gasteiger partial charge in [-0.05, 0) is 69.2 Å². The highest BCUT2D eigenvalue weighted by Crippen LogP contribution is 2.34. The molecule has 0 bridgehead atoms. The van der Waals surface area contributed by atoms with Gasteiger partial charge in [0.2, 0.25) is 5.91 Å². The lowest BCUT2D eigenvalue weighted by Gasteiger charge is -2.26. The molecule has 0 radical (unpaired) electrons. The fourth-order valence-corrected chi connectivity index (χ4v) is 5.86. The summed E-state index contributed by atoms with van der Waals surface area (Å²) in [6.45, 7) is 8.58. The van der Waals surface area contributed by atoms with Gasteiger partial charge < -0.3 is 15.4 Å². The summed E-state index contributed by atoms with van der Waals surface area (Å²) in [5.41, 5.74) is 1.70. The largest absolute Gasteiger partial charge is 0.456 e. The highest BCUT2D eigenvalue weighted by Gasteiger charge is 2.32. The number of benzene rings is 2. The zero-order chi connectivity index (χ0) is 27.9. The van der Waals surface area contributed by atoms with Gasteiger partial charge in [-0.1, -0.05) is 0 Å². The highest BCUT2D eigenvalue weighted by atomic mass is 32.2. The molecule has 11 heteroatoms. The van der Waals surface area contributed by atoms with Crippen molar-refractivity contribution in [3.8, 4) is 11.5 Å². The second-order valence-corrected chi connectivity index (χ2v) is 12.9. The number of sulfone groups is 1. The smallest absolute Gasteiger partial charge is 0.228 e. The van der Waals surface area contributed by atoms with Crippen LogP contribution in [0.15, 0.2) is 59.9 Å². The molecule has 1 aliphatic rings. The molecular formula is C28H30FN5O4S. The molecule has 9 nitrogen and oxygen atoms in total. The Hall–Kier alpha value is -3.83. The number of pyridine rings is 1. The van der Waals surface area contributed by atoms with E-state index in [1.165, 1.54) is 6.07 Å². The first-order valence-corrected chi connectivity index (χ1v) is 14.1. The molecular weight excluding hydrogens is 521 g/mol. The number of hydrogen-bond acceptors (Lipinski definition) is 7. The van der Waals surface area contributed by atoms with Crippen molar-refractivity contribution in [2.75, 3.05) is 18.4 Å². The van der Waals surface area contributed by atoms with Crippen molar-refractivity contribution >= 4 is 32.3 Å². The maximum Gasteiger partial charge on any atom is 0.228 e. The van der Waals surface area contributed by atoms with Gasteiger partial charge in [0.05, 0.1) is 39.5 Å². The number of amides is 1. The van der Waals surface area contributed by atoms with E-state index in [1.807, 2.05) is 20.8 Å². The zero-order valence-electron chi connectivity index (χ0n) is 22.2. The summed E-state index contributed by atoms with van der Waals surface area (Å²) in [5, 5.41) is 10.0. The molecule has 2 aromatic heterocycles. The number of rotatable bonds is 7. The van der Waals surface area contributed by atoms with Gasteiger partial charge in [-0.25, -0.2) is 12.8 Å². The zero-order valence-corrected chi connectivity index (χ0v) is 23.0. The molecule has 39 heavy (non-hydrogen) atoms. The number of halogens is 1. The van der Waals surface area contributed by atoms with Crippen LogP contribution < -0.4 is 15.4 Å². The average molecular weight is 552 g/mol. The van der Waals surface area contributed by atoms with Crippen molar-refractivity contribution < 1.29 is 22.3 Å². The number of hydrogen-bond donors (Lipinski definition) is 2. The van der Waals surface area contributed by atoms with E-state index in [1.54, 1.807) is 60.5 Å². The molecule has 0 aliphatic carbocycles. The molecule has 204 valence electrons. The molecule has 0 unspecified atom stereocenters. The number of carbonyl (C=O) groups is 1. The fraction of sp³-hybridized carbons (Fsp3) is 0.321. The lowest BCUT2D eigenvalue weighted by molar-refractivity contribution is -0.115. The normalized spacial score (nSPS) is 14.3. The summed E-state index contributed by atoms with van der Waals surface area (Å²) in [7, 11) is -3.49. The van der Waals surface area contributed by atoms with Gasteiger partial charge in [-0.2, -0.15) is 5.10 Å². The van der Waals surface area contributed by atoms with Gasteiger partial charge >= 0.3 is 0 Å². The van der Waals surface area contributed by atoms with E-state index in [9.17, 15) is 13.2 Å². The summed E-state index contributed by atoms with van der Waals surface area (Å²) in [6, 6.07) is 9.17. The Bertz CT molecular complexity index is 1670. The number of aryl methyl sites for hydroxylation is 1. The Labute approximate surface area is 226 Å². The number of anilines is 1. The van der Waals surface area contributed by atoms with Crippen LogP contribution in [0.1, 0.15) is 31.9 Å². The van der Waals surface area contributed by atoms with Gasteiger partial charge in [-0.3, -0.25) is 14.5 Å². The molecule has 1 fully saturated rings. The highest BCUT2D eigenvalue weighted by molar-refractivity contribution is 7.92. The van der Waals surface area contributed by atoms with E-state index < -0.39 is 20.9 Å². The van der Waals surface area contributed by atoms with E-state index in [0.717, 1.165) is 0 Å². The minimum absolute atomic E-state index is 0.164. The van der Waals surface area contributed by atoms with Crippen LogP contribution in [0.5, 0.6) is 11.5 Å². The number of aromatic nitrogens is 3. The molecule has 1 amide bonds. The maximum atomic E-state index is 15.1. The number of ether oxygens (including phenoxy) is 1. The second kappa shape index (κ2) is 10.0. The monoisotopic (exact) mass is 551 g/mol. The third-order valence-electron chi connectivity index (χ3n) is 6.65. The topological polar surface area (TPSA) is 115 Å². The number of carbonyl (C=O) groups excluding carboxylic acids is 1. The van der Waals surface area contributed by atoms with Crippen molar-refractivity contribution in [1.82, 2.24) is 20.1 Å². The molecule has 2 N–H and O–H groups in total. The van der Waals surface area contributed by atoms with Gasteiger partial charge in [0.25, 0.3) is 0 Å². The first kappa shape index (κ1) is 26.8. The summed E-state index contributed by atoms with van der Waals surface area (Å²) < 4.78 is 48.7. The van der Waals surface area contributed by atoms with Crippen molar-refractivity contribution in [1.29, 1.82) is 0 Å². The summed E-state index contributed by atoms with van der Waals surface area (Å²) >= 11 is 0. The summed E-state index contributed by atoms with van der Waals surface area (Å²) in [4.78, 5) is 17.1. The number of fused-ring (bicyclic) bond motifs is 1. The summed E-state index contributed by atoms with van der Waals surface area (Å²) in [6.07, 6.45) is 4.67. The van der Waals surface area contributed by atoms with Crippen LogP contribution in [0.25, 0.3) is 10.9 Å². The second-order valence-electron chi connectivity index (χ2n) is 10.7. The Morgan fingerprint density at radius 3 is 2.62 bits per heavy atom. The molecule has 0 saturated carbocycles. The van der Waals surface area contributed by atoms with Crippen molar-refractivity contribution in [2.45, 2.75) is 49.8 Å². The molecule has 0 atom stereocenters. The van der Waals surface area contributed by atoms with E-state index in [2.05, 4.69) is 20.7 Å². The van der Waals surface area contributed by atoms with Crippen LogP contribution >= 0.6 is 0 Å². The molecule has 3 heterocycles. The van der Waals surface area contributed by atoms with Gasteiger partial charge in [0.15, 0.2) is 9.84 Å². The molecule has 1 saturated heterocycles. The van der Waals surface area contributed by atoms with Gasteiger partial charge in [-0.15, -0.1) is 0 Å². The predicted molar refractivity (Wildman–Crippen MR) is 146 cm³/mol. The Morgan fingerprint density at radius 1 is 1.18 bits per heavy atom. The van der Waals surface area contributed by atoms with Gasteiger partial charge in [0.1, 0.15) is 17.3 Å². The third kappa shape index (κ3) is 5.50. The first-order chi connectivity index (χ1) is 18.4. The summed E-state index contributed by atoms with van der Waals surface area (Å²) in [5.74, 6) is -0.346. The van der Waals surface area contributed by atoms with Crippen LogP contribution in [0.4, 0.5) is 10.1 Å². The van der Waals surface area contributed by atoms with Crippen molar-refractivity contribution in [3.63, 3.8) is 0 Å². The average Bonchev–Trinajstić information content (AvgIpc) is 3.30.